The molecule has 0 aliphatic rings. The summed E-state index contributed by atoms with van der Waals surface area (Å²) in [5.74, 6) is 0.00574. The summed E-state index contributed by atoms with van der Waals surface area (Å²) in [6.07, 6.45) is 4.97. The standard InChI is InChI=1S/C22H13ClFN5/c23-12-3-4-18(24)17(10-12)19-11-16(15-2-1-7-28-22(15)29-19)20-13-5-9-27-21(25)14(13)6-8-26-20/h1-11H,(H2,25,27). The van der Waals surface area contributed by atoms with Gasteiger partial charge in [0.25, 0.3) is 0 Å². The van der Waals surface area contributed by atoms with Crippen molar-refractivity contribution in [2.45, 2.75) is 0 Å². The lowest BCUT2D eigenvalue weighted by molar-refractivity contribution is 0.631. The summed E-state index contributed by atoms with van der Waals surface area (Å²) < 4.78 is 14.5. The van der Waals surface area contributed by atoms with E-state index in [1.54, 1.807) is 30.7 Å². The van der Waals surface area contributed by atoms with Gasteiger partial charge in [-0.15, -0.1) is 0 Å². The van der Waals surface area contributed by atoms with E-state index < -0.39 is 5.82 Å². The minimum atomic E-state index is -0.414. The zero-order valence-electron chi connectivity index (χ0n) is 15.0. The predicted molar refractivity (Wildman–Crippen MR) is 113 cm³/mol. The first-order valence-corrected chi connectivity index (χ1v) is 9.20. The summed E-state index contributed by atoms with van der Waals surface area (Å²) >= 11 is 6.09. The van der Waals surface area contributed by atoms with Crippen LogP contribution in [-0.4, -0.2) is 19.9 Å². The van der Waals surface area contributed by atoms with Gasteiger partial charge in [-0.3, -0.25) is 4.98 Å². The number of aromatic nitrogens is 4. The molecule has 0 aliphatic carbocycles. The first-order chi connectivity index (χ1) is 14.1. The molecular formula is C22H13ClFN5. The number of pyridine rings is 4. The Morgan fingerprint density at radius 1 is 0.793 bits per heavy atom. The fourth-order valence-electron chi connectivity index (χ4n) is 3.43. The highest BCUT2D eigenvalue weighted by atomic mass is 35.5. The lowest BCUT2D eigenvalue weighted by Crippen LogP contribution is -1.97. The minimum Gasteiger partial charge on any atom is -0.383 e. The fourth-order valence-corrected chi connectivity index (χ4v) is 3.60. The van der Waals surface area contributed by atoms with E-state index in [1.807, 2.05) is 24.3 Å². The molecule has 4 heterocycles. The zero-order valence-corrected chi connectivity index (χ0v) is 15.7. The Labute approximate surface area is 170 Å². The van der Waals surface area contributed by atoms with Crippen LogP contribution in [0.25, 0.3) is 44.3 Å². The van der Waals surface area contributed by atoms with E-state index in [-0.39, 0.29) is 0 Å². The van der Waals surface area contributed by atoms with Crippen molar-refractivity contribution in [2.24, 2.45) is 0 Å². The van der Waals surface area contributed by atoms with Crippen molar-refractivity contribution < 1.29 is 4.39 Å². The molecule has 4 aromatic heterocycles. The Kier molecular flexibility index (Phi) is 4.07. The molecule has 0 saturated heterocycles. The second kappa shape index (κ2) is 6.76. The first kappa shape index (κ1) is 17.5. The van der Waals surface area contributed by atoms with Gasteiger partial charge in [0.1, 0.15) is 11.6 Å². The van der Waals surface area contributed by atoms with E-state index in [9.17, 15) is 4.39 Å². The highest BCUT2D eigenvalue weighted by Crippen LogP contribution is 2.35. The lowest BCUT2D eigenvalue weighted by atomic mass is 9.99. The molecule has 0 fully saturated rings. The number of benzene rings is 1. The molecule has 5 aromatic rings. The fraction of sp³-hybridized carbons (Fsp3) is 0. The summed E-state index contributed by atoms with van der Waals surface area (Å²) in [5, 5.41) is 2.86. The highest BCUT2D eigenvalue weighted by molar-refractivity contribution is 6.30. The molecule has 5 nitrogen and oxygen atoms in total. The third-order valence-corrected chi connectivity index (χ3v) is 5.00. The van der Waals surface area contributed by atoms with Gasteiger partial charge in [-0.1, -0.05) is 11.6 Å². The van der Waals surface area contributed by atoms with Gasteiger partial charge in [0.2, 0.25) is 0 Å². The second-order valence-corrected chi connectivity index (χ2v) is 6.94. The predicted octanol–water partition coefficient (Wildman–Crippen LogP) is 5.28. The van der Waals surface area contributed by atoms with E-state index in [2.05, 4.69) is 19.9 Å². The van der Waals surface area contributed by atoms with Gasteiger partial charge in [-0.25, -0.2) is 19.3 Å². The quantitative estimate of drug-likeness (QED) is 0.435. The Bertz CT molecular complexity index is 1400. The lowest BCUT2D eigenvalue weighted by Gasteiger charge is -2.12. The molecular weight excluding hydrogens is 389 g/mol. The summed E-state index contributed by atoms with van der Waals surface area (Å²) in [6, 6.07) is 13.6. The van der Waals surface area contributed by atoms with Crippen LogP contribution in [0.1, 0.15) is 0 Å². The molecule has 0 atom stereocenters. The van der Waals surface area contributed by atoms with Crippen LogP contribution < -0.4 is 5.73 Å². The van der Waals surface area contributed by atoms with Gasteiger partial charge in [-0.05, 0) is 48.5 Å². The van der Waals surface area contributed by atoms with Crippen LogP contribution in [0.4, 0.5) is 10.2 Å². The molecule has 29 heavy (non-hydrogen) atoms. The van der Waals surface area contributed by atoms with Gasteiger partial charge < -0.3 is 5.73 Å². The van der Waals surface area contributed by atoms with Crippen molar-refractivity contribution in [1.29, 1.82) is 0 Å². The molecule has 0 saturated carbocycles. The van der Waals surface area contributed by atoms with Crippen LogP contribution >= 0.6 is 11.6 Å². The van der Waals surface area contributed by atoms with E-state index >= 15 is 0 Å². The van der Waals surface area contributed by atoms with Crippen LogP contribution in [0.2, 0.25) is 5.02 Å². The van der Waals surface area contributed by atoms with E-state index in [4.69, 9.17) is 17.3 Å². The van der Waals surface area contributed by atoms with Crippen molar-refractivity contribution in [1.82, 2.24) is 19.9 Å². The van der Waals surface area contributed by atoms with Crippen LogP contribution in [0.5, 0.6) is 0 Å². The van der Waals surface area contributed by atoms with E-state index in [0.717, 1.165) is 21.7 Å². The summed E-state index contributed by atoms with van der Waals surface area (Å²) in [5.41, 5.74) is 8.72. The monoisotopic (exact) mass is 401 g/mol. The number of anilines is 1. The number of nitrogen functional groups attached to an aromatic ring is 1. The molecule has 5 rings (SSSR count). The number of nitrogens with zero attached hydrogens (tertiary/aromatic N) is 4. The summed E-state index contributed by atoms with van der Waals surface area (Å²) in [6.45, 7) is 0. The first-order valence-electron chi connectivity index (χ1n) is 8.82. The van der Waals surface area contributed by atoms with Gasteiger partial charge in [0, 0.05) is 50.9 Å². The van der Waals surface area contributed by atoms with Crippen molar-refractivity contribution in [2.75, 3.05) is 5.73 Å². The zero-order chi connectivity index (χ0) is 20.0. The maximum atomic E-state index is 14.5. The number of fused-ring (bicyclic) bond motifs is 2. The molecule has 0 aliphatic heterocycles. The van der Waals surface area contributed by atoms with Crippen molar-refractivity contribution in [3.05, 3.63) is 78.0 Å². The van der Waals surface area contributed by atoms with Crippen LogP contribution in [0.15, 0.2) is 67.1 Å². The molecule has 0 unspecified atom stereocenters. The average Bonchev–Trinajstić information content (AvgIpc) is 2.75. The normalized spacial score (nSPS) is 11.2. The van der Waals surface area contributed by atoms with Gasteiger partial charge >= 0.3 is 0 Å². The number of halogens is 2. The van der Waals surface area contributed by atoms with E-state index in [0.29, 0.717) is 33.4 Å². The molecule has 2 N–H and O–H groups in total. The van der Waals surface area contributed by atoms with Crippen molar-refractivity contribution >= 4 is 39.2 Å². The Hall–Kier alpha value is -3.64. The van der Waals surface area contributed by atoms with Crippen LogP contribution in [0, 0.1) is 5.82 Å². The van der Waals surface area contributed by atoms with Gasteiger partial charge in [0.15, 0.2) is 5.65 Å². The highest BCUT2D eigenvalue weighted by Gasteiger charge is 2.16. The average molecular weight is 402 g/mol. The summed E-state index contributed by atoms with van der Waals surface area (Å²) in [4.78, 5) is 17.7. The number of rotatable bonds is 2. The topological polar surface area (TPSA) is 77.6 Å². The molecule has 140 valence electrons. The Balaban J connectivity index is 1.87. The molecule has 0 radical (unpaired) electrons. The number of hydrogen-bond donors (Lipinski definition) is 1. The maximum Gasteiger partial charge on any atom is 0.160 e. The van der Waals surface area contributed by atoms with Crippen LogP contribution in [-0.2, 0) is 0 Å². The smallest absolute Gasteiger partial charge is 0.160 e. The van der Waals surface area contributed by atoms with Crippen molar-refractivity contribution in [3.8, 4) is 22.5 Å². The largest absolute Gasteiger partial charge is 0.383 e. The second-order valence-electron chi connectivity index (χ2n) is 6.50. The Morgan fingerprint density at radius 2 is 1.62 bits per heavy atom. The van der Waals surface area contributed by atoms with E-state index in [1.165, 1.54) is 12.1 Å². The maximum absolute atomic E-state index is 14.5. The van der Waals surface area contributed by atoms with Gasteiger partial charge in [-0.2, -0.15) is 0 Å². The van der Waals surface area contributed by atoms with Crippen molar-refractivity contribution in [3.63, 3.8) is 0 Å². The third-order valence-electron chi connectivity index (χ3n) is 4.76. The number of nitrogens with two attached hydrogens (primary N) is 1. The minimum absolute atomic E-state index is 0.299. The molecule has 1 aromatic carbocycles. The van der Waals surface area contributed by atoms with Crippen LogP contribution in [0.3, 0.4) is 0 Å². The number of hydrogen-bond acceptors (Lipinski definition) is 5. The molecule has 0 amide bonds. The molecule has 0 bridgehead atoms. The third kappa shape index (κ3) is 2.94. The Morgan fingerprint density at radius 3 is 2.52 bits per heavy atom. The summed E-state index contributed by atoms with van der Waals surface area (Å²) in [7, 11) is 0. The molecule has 0 spiro atoms. The molecule has 7 heteroatoms. The SMILES string of the molecule is Nc1nccc2c(-c3cc(-c4cc(Cl)ccc4F)nc4ncccc34)nccc12. The van der Waals surface area contributed by atoms with Gasteiger partial charge in [0.05, 0.1) is 11.4 Å².